The smallest absolute Gasteiger partial charge is 0.135 e. The van der Waals surface area contributed by atoms with Crippen molar-refractivity contribution in [2.45, 2.75) is 151 Å². The van der Waals surface area contributed by atoms with Crippen LogP contribution in [0, 0.1) is 17.8 Å². The van der Waals surface area contributed by atoms with Crippen molar-refractivity contribution in [1.29, 1.82) is 0 Å². The largest absolute Gasteiger partial charge is 0.381 e. The van der Waals surface area contributed by atoms with Crippen molar-refractivity contribution in [3.05, 3.63) is 71.9 Å². The van der Waals surface area contributed by atoms with Crippen LogP contribution in [0.3, 0.4) is 0 Å². The number of carbonyl (C=O) groups is 1. The van der Waals surface area contributed by atoms with E-state index in [0.29, 0.717) is 11.7 Å². The zero-order valence-corrected chi connectivity index (χ0v) is 29.7. The molecule has 3 fully saturated rings. The number of allylic oxidation sites excluding steroid dienone is 10. The molecule has 2 saturated carbocycles. The number of rotatable bonds is 16. The molecule has 1 saturated heterocycles. The second-order valence-corrected chi connectivity index (χ2v) is 12.0. The molecule has 0 aromatic rings. The molecule has 0 spiro atoms. The molecule has 0 atom stereocenters. The van der Waals surface area contributed by atoms with Crippen molar-refractivity contribution in [2.24, 2.45) is 17.8 Å². The lowest BCUT2D eigenvalue weighted by atomic mass is 9.81. The van der Waals surface area contributed by atoms with Crippen LogP contribution in [0.5, 0.6) is 0 Å². The Balaban J connectivity index is 0.000000634. The van der Waals surface area contributed by atoms with Crippen LogP contribution in [0.25, 0.3) is 0 Å². The maximum atomic E-state index is 10.8. The molecule has 3 rings (SSSR count). The van der Waals surface area contributed by atoms with E-state index in [9.17, 15) is 4.79 Å². The molecule has 0 radical (unpaired) electrons. The Morgan fingerprint density at radius 2 is 1.58 bits per heavy atom. The number of Topliss-reactive ketones (excluding diaryl/α,β-unsaturated/α-hetero) is 1. The summed E-state index contributed by atoms with van der Waals surface area (Å²) in [5.41, 5.74) is 5.72. The third kappa shape index (κ3) is 19.1. The van der Waals surface area contributed by atoms with Gasteiger partial charge in [-0.1, -0.05) is 116 Å². The average Bonchev–Trinajstić information content (AvgIpc) is 3.86. The van der Waals surface area contributed by atoms with E-state index in [2.05, 4.69) is 71.2 Å². The molecular formula is C41H70O2. The van der Waals surface area contributed by atoms with Crippen molar-refractivity contribution in [2.75, 3.05) is 13.2 Å². The Labute approximate surface area is 268 Å². The van der Waals surface area contributed by atoms with Gasteiger partial charge in [0.2, 0.25) is 0 Å². The van der Waals surface area contributed by atoms with Gasteiger partial charge < -0.3 is 4.74 Å². The molecule has 0 aromatic heterocycles. The van der Waals surface area contributed by atoms with Crippen molar-refractivity contribution >= 4 is 5.78 Å². The standard InChI is InChI=1S/C18H28.C14H24O.C7H12O.C2H6/c1-5-8-11-15(4)17(12-9-6-2)18(10-7-3)16-13-14-16;1-3-5-6-13(4-2)7-8-14-9-11-15-12-10-14;1-2-7(8)6-4-3-5-6;1-2/h7,10,12,16H,3-6,8-9,11,13-14H2,1-2H3;4-6,14H,3,7-12H2,1-2H3;6H,2-5H2,1H3;1-2H3/b17-12-,18-10-;6-5-,13-4+;;. The maximum Gasteiger partial charge on any atom is 0.135 e. The Morgan fingerprint density at radius 1 is 0.907 bits per heavy atom. The first-order chi connectivity index (χ1) is 20.9. The lowest BCUT2D eigenvalue weighted by Crippen LogP contribution is -2.20. The lowest BCUT2D eigenvalue weighted by molar-refractivity contribution is -0.124. The van der Waals surface area contributed by atoms with Crippen LogP contribution in [-0.4, -0.2) is 19.0 Å². The first-order valence-corrected chi connectivity index (χ1v) is 18.1. The Bertz CT molecular complexity index is 854. The minimum Gasteiger partial charge on any atom is -0.381 e. The zero-order chi connectivity index (χ0) is 32.3. The number of ketones is 1. The molecule has 43 heavy (non-hydrogen) atoms. The van der Waals surface area contributed by atoms with E-state index in [1.807, 2.05) is 26.8 Å². The van der Waals surface area contributed by atoms with E-state index >= 15 is 0 Å². The SMILES string of the molecule is C/C=C(\C=C/CC)CCC1CCOCC1.C=C/C=C(\C(=C/CCC)C(=C)CCCC)C1CC1.CC.CCC(=O)C1CCC1. The molecule has 1 aliphatic heterocycles. The molecule has 1 heterocycles. The first-order valence-electron chi connectivity index (χ1n) is 18.1. The highest BCUT2D eigenvalue weighted by Gasteiger charge is 2.28. The van der Waals surface area contributed by atoms with E-state index < -0.39 is 0 Å². The highest BCUT2D eigenvalue weighted by atomic mass is 16.5. The lowest BCUT2D eigenvalue weighted by Gasteiger charge is -2.22. The van der Waals surface area contributed by atoms with E-state index in [1.165, 1.54) is 86.5 Å². The molecule has 0 N–H and O–H groups in total. The molecule has 2 aliphatic carbocycles. The fourth-order valence-corrected chi connectivity index (χ4v) is 5.26. The van der Waals surface area contributed by atoms with Gasteiger partial charge in [-0.15, -0.1) is 0 Å². The highest BCUT2D eigenvalue weighted by Crippen LogP contribution is 2.42. The second kappa shape index (κ2) is 27.6. The normalized spacial score (nSPS) is 17.9. The number of hydrogen-bond acceptors (Lipinski definition) is 2. The van der Waals surface area contributed by atoms with Gasteiger partial charge in [-0.05, 0) is 113 Å². The minimum atomic E-state index is 0.458. The van der Waals surface area contributed by atoms with Gasteiger partial charge in [0.1, 0.15) is 5.78 Å². The summed E-state index contributed by atoms with van der Waals surface area (Å²) in [5, 5.41) is 0. The first kappa shape index (κ1) is 41.1. The van der Waals surface area contributed by atoms with E-state index in [4.69, 9.17) is 4.74 Å². The molecule has 0 aromatic carbocycles. The maximum absolute atomic E-state index is 10.8. The summed E-state index contributed by atoms with van der Waals surface area (Å²) in [5.74, 6) is 2.59. The topological polar surface area (TPSA) is 26.3 Å². The zero-order valence-electron chi connectivity index (χ0n) is 29.7. The summed E-state index contributed by atoms with van der Waals surface area (Å²) in [6.45, 7) is 24.9. The Morgan fingerprint density at radius 3 is 2.02 bits per heavy atom. The molecule has 246 valence electrons. The molecule has 0 amide bonds. The number of carbonyl (C=O) groups excluding carboxylic acids is 1. The second-order valence-electron chi connectivity index (χ2n) is 12.0. The van der Waals surface area contributed by atoms with Crippen LogP contribution >= 0.6 is 0 Å². The Hall–Kier alpha value is -1.93. The van der Waals surface area contributed by atoms with Crippen molar-refractivity contribution in [3.63, 3.8) is 0 Å². The number of unbranched alkanes of at least 4 members (excludes halogenated alkanes) is 2. The third-order valence-electron chi connectivity index (χ3n) is 8.51. The monoisotopic (exact) mass is 595 g/mol. The van der Waals surface area contributed by atoms with Gasteiger partial charge >= 0.3 is 0 Å². The summed E-state index contributed by atoms with van der Waals surface area (Å²) in [6.07, 6.45) is 32.5. The van der Waals surface area contributed by atoms with Crippen LogP contribution in [0.15, 0.2) is 71.9 Å². The number of hydrogen-bond donors (Lipinski definition) is 0. The highest BCUT2D eigenvalue weighted by molar-refractivity contribution is 5.81. The fraction of sp³-hybridized carbons (Fsp3) is 0.683. The predicted molar refractivity (Wildman–Crippen MR) is 193 cm³/mol. The van der Waals surface area contributed by atoms with Crippen LogP contribution in [0.4, 0.5) is 0 Å². The van der Waals surface area contributed by atoms with Gasteiger partial charge in [0.05, 0.1) is 0 Å². The van der Waals surface area contributed by atoms with Gasteiger partial charge in [0.25, 0.3) is 0 Å². The quantitative estimate of drug-likeness (QED) is 0.166. The molecule has 2 heteroatoms. The fourth-order valence-electron chi connectivity index (χ4n) is 5.26. The minimum absolute atomic E-state index is 0.458. The van der Waals surface area contributed by atoms with Crippen LogP contribution in [0.2, 0.25) is 0 Å². The summed E-state index contributed by atoms with van der Waals surface area (Å²) in [7, 11) is 0. The molecule has 0 unspecified atom stereocenters. The van der Waals surface area contributed by atoms with E-state index in [1.54, 1.807) is 0 Å². The molecule has 2 nitrogen and oxygen atoms in total. The van der Waals surface area contributed by atoms with Crippen molar-refractivity contribution < 1.29 is 9.53 Å². The van der Waals surface area contributed by atoms with Gasteiger partial charge in [0, 0.05) is 25.6 Å². The summed E-state index contributed by atoms with van der Waals surface area (Å²) in [4.78, 5) is 10.8. The van der Waals surface area contributed by atoms with Crippen molar-refractivity contribution in [3.8, 4) is 0 Å². The summed E-state index contributed by atoms with van der Waals surface area (Å²) >= 11 is 0. The van der Waals surface area contributed by atoms with Gasteiger partial charge in [0.15, 0.2) is 0 Å². The Kier molecular flexibility index (Phi) is 26.4. The van der Waals surface area contributed by atoms with Crippen LogP contribution in [-0.2, 0) is 9.53 Å². The predicted octanol–water partition coefficient (Wildman–Crippen LogP) is 12.9. The van der Waals surface area contributed by atoms with Gasteiger partial charge in [-0.25, -0.2) is 0 Å². The van der Waals surface area contributed by atoms with Crippen LogP contribution in [0.1, 0.15) is 151 Å². The third-order valence-corrected chi connectivity index (χ3v) is 8.51. The van der Waals surface area contributed by atoms with E-state index in [-0.39, 0.29) is 0 Å². The van der Waals surface area contributed by atoms with Gasteiger partial charge in [-0.2, -0.15) is 0 Å². The average molecular weight is 595 g/mol. The van der Waals surface area contributed by atoms with Crippen molar-refractivity contribution in [1.82, 2.24) is 0 Å². The summed E-state index contributed by atoms with van der Waals surface area (Å²) in [6, 6.07) is 0. The van der Waals surface area contributed by atoms with E-state index in [0.717, 1.165) is 63.6 Å². The van der Waals surface area contributed by atoms with Gasteiger partial charge in [-0.3, -0.25) is 4.79 Å². The number of ether oxygens (including phenoxy) is 1. The molecule has 0 bridgehead atoms. The molecule has 3 aliphatic rings. The summed E-state index contributed by atoms with van der Waals surface area (Å²) < 4.78 is 5.37. The van der Waals surface area contributed by atoms with Crippen LogP contribution < -0.4 is 0 Å². The molecular weight excluding hydrogens is 524 g/mol.